The Morgan fingerprint density at radius 1 is 1.21 bits per heavy atom. The molecule has 1 aromatic rings. The zero-order valence-electron chi connectivity index (χ0n) is 14.8. The molecular weight excluding hydrogens is 302 g/mol. The molecule has 0 heterocycles. The maximum absolute atomic E-state index is 11.3. The summed E-state index contributed by atoms with van der Waals surface area (Å²) in [6.07, 6.45) is 10.3. The summed E-state index contributed by atoms with van der Waals surface area (Å²) in [4.78, 5) is 22.3. The topological polar surface area (TPSA) is 80.4 Å². The molecule has 1 amide bonds. The first-order valence-corrected chi connectivity index (χ1v) is 8.78. The van der Waals surface area contributed by atoms with Crippen LogP contribution in [0.25, 0.3) is 0 Å². The van der Waals surface area contributed by atoms with E-state index in [1.165, 1.54) is 5.56 Å². The summed E-state index contributed by atoms with van der Waals surface area (Å²) in [7, 11) is 0. The quantitative estimate of drug-likeness (QED) is 0.473. The lowest BCUT2D eigenvalue weighted by molar-refractivity contribution is -0.142. The van der Waals surface area contributed by atoms with Crippen molar-refractivity contribution in [1.29, 1.82) is 0 Å². The summed E-state index contributed by atoms with van der Waals surface area (Å²) in [5.41, 5.74) is 8.14. The lowest BCUT2D eigenvalue weighted by Crippen LogP contribution is -2.13. The van der Waals surface area contributed by atoms with Gasteiger partial charge in [0.1, 0.15) is 0 Å². The van der Waals surface area contributed by atoms with Crippen molar-refractivity contribution in [2.45, 2.75) is 58.8 Å². The fourth-order valence-corrected chi connectivity index (χ4v) is 2.80. The van der Waals surface area contributed by atoms with Crippen LogP contribution in [0.2, 0.25) is 0 Å². The molecule has 4 heteroatoms. The molecular formula is C20H29NO3. The zero-order valence-corrected chi connectivity index (χ0v) is 14.8. The molecule has 3 N–H and O–H groups in total. The molecule has 132 valence electrons. The van der Waals surface area contributed by atoms with Crippen LogP contribution in [0.1, 0.15) is 67.4 Å². The number of allylic oxidation sites excluding steroid dienone is 2. The Hall–Kier alpha value is -2.10. The van der Waals surface area contributed by atoms with Gasteiger partial charge >= 0.3 is 5.97 Å². The highest BCUT2D eigenvalue weighted by Gasteiger charge is 2.13. The number of carbonyl (C=O) groups is 2. The first kappa shape index (κ1) is 19.9. The fourth-order valence-electron chi connectivity index (χ4n) is 2.80. The number of hydrogen-bond acceptors (Lipinski definition) is 2. The van der Waals surface area contributed by atoms with Gasteiger partial charge < -0.3 is 10.8 Å². The van der Waals surface area contributed by atoms with Crippen LogP contribution in [0.15, 0.2) is 30.4 Å². The third-order valence-corrected chi connectivity index (χ3v) is 4.35. The zero-order chi connectivity index (χ0) is 17.9. The van der Waals surface area contributed by atoms with Crippen molar-refractivity contribution in [2.75, 3.05) is 0 Å². The molecule has 1 atom stereocenters. The minimum absolute atomic E-state index is 0.204. The molecule has 0 spiro atoms. The van der Waals surface area contributed by atoms with Gasteiger partial charge in [0, 0.05) is 5.56 Å². The second-order valence-electron chi connectivity index (χ2n) is 6.11. The fraction of sp³-hybridized carbons (Fsp3) is 0.500. The van der Waals surface area contributed by atoms with E-state index in [0.29, 0.717) is 12.0 Å². The lowest BCUT2D eigenvalue weighted by atomic mass is 9.98. The molecule has 0 saturated carbocycles. The van der Waals surface area contributed by atoms with E-state index in [1.807, 2.05) is 26.0 Å². The van der Waals surface area contributed by atoms with E-state index in [1.54, 1.807) is 6.07 Å². The molecule has 0 radical (unpaired) electrons. The first-order valence-electron chi connectivity index (χ1n) is 8.78. The van der Waals surface area contributed by atoms with Crippen molar-refractivity contribution in [3.05, 3.63) is 47.0 Å². The smallest absolute Gasteiger partial charge is 0.306 e. The monoisotopic (exact) mass is 331 g/mol. The van der Waals surface area contributed by atoms with Gasteiger partial charge in [0.05, 0.1) is 5.92 Å². The highest BCUT2D eigenvalue weighted by molar-refractivity contribution is 5.94. The van der Waals surface area contributed by atoms with Crippen molar-refractivity contribution >= 4 is 11.9 Å². The summed E-state index contributed by atoms with van der Waals surface area (Å²) in [5.74, 6) is -1.26. The minimum Gasteiger partial charge on any atom is -0.481 e. The predicted octanol–water partition coefficient (Wildman–Crippen LogP) is 4.12. The Labute approximate surface area is 144 Å². The number of aryl methyl sites for hydroxylation is 1. The Bertz CT molecular complexity index is 578. The summed E-state index contributed by atoms with van der Waals surface area (Å²) < 4.78 is 0. The van der Waals surface area contributed by atoms with E-state index < -0.39 is 5.97 Å². The van der Waals surface area contributed by atoms with Crippen molar-refractivity contribution in [3.63, 3.8) is 0 Å². The average Bonchev–Trinajstić information content (AvgIpc) is 2.56. The molecule has 0 saturated heterocycles. The van der Waals surface area contributed by atoms with E-state index >= 15 is 0 Å². The number of carboxylic acids is 1. The number of benzene rings is 1. The summed E-state index contributed by atoms with van der Waals surface area (Å²) in [6, 6.07) is 5.80. The van der Waals surface area contributed by atoms with E-state index in [4.69, 9.17) is 10.8 Å². The third-order valence-electron chi connectivity index (χ3n) is 4.35. The predicted molar refractivity (Wildman–Crippen MR) is 97.1 cm³/mol. The second kappa shape index (κ2) is 10.6. The standard InChI is InChI=1S/C20H29NO3/c1-3-16(20(23)24)11-9-7-5-6-8-10-15-12-13-18(19(21)22)17(4-2)14-15/h6,8,12-14,16H,3-5,7,9-11H2,1-2H3,(H2,21,22)(H,23,24). The number of carbonyl (C=O) groups excluding carboxylic acids is 1. The Morgan fingerprint density at radius 3 is 2.54 bits per heavy atom. The largest absolute Gasteiger partial charge is 0.481 e. The highest BCUT2D eigenvalue weighted by atomic mass is 16.4. The molecule has 0 fully saturated rings. The van der Waals surface area contributed by atoms with E-state index in [2.05, 4.69) is 12.2 Å². The molecule has 1 aromatic carbocycles. The number of aliphatic carboxylic acids is 1. The van der Waals surface area contributed by atoms with Crippen LogP contribution in [0.4, 0.5) is 0 Å². The number of nitrogens with two attached hydrogens (primary N) is 1. The number of primary amides is 1. The van der Waals surface area contributed by atoms with Gasteiger partial charge in [-0.25, -0.2) is 0 Å². The van der Waals surface area contributed by atoms with E-state index in [9.17, 15) is 9.59 Å². The molecule has 0 aromatic heterocycles. The number of hydrogen-bond donors (Lipinski definition) is 2. The average molecular weight is 331 g/mol. The lowest BCUT2D eigenvalue weighted by Gasteiger charge is -2.08. The van der Waals surface area contributed by atoms with E-state index in [0.717, 1.165) is 44.1 Å². The van der Waals surface area contributed by atoms with Crippen LogP contribution >= 0.6 is 0 Å². The Kier molecular flexibility index (Phi) is 8.84. The van der Waals surface area contributed by atoms with Gasteiger partial charge in [0.2, 0.25) is 5.91 Å². The van der Waals surface area contributed by atoms with Crippen molar-refractivity contribution in [3.8, 4) is 0 Å². The molecule has 0 aliphatic heterocycles. The van der Waals surface area contributed by atoms with Gasteiger partial charge in [-0.1, -0.05) is 44.6 Å². The SMILES string of the molecule is CCc1cc(CC=CCCCCC(CC)C(=O)O)ccc1C(N)=O. The third kappa shape index (κ3) is 6.57. The van der Waals surface area contributed by atoms with Crippen molar-refractivity contribution in [1.82, 2.24) is 0 Å². The van der Waals surface area contributed by atoms with Crippen LogP contribution < -0.4 is 5.73 Å². The Balaban J connectivity index is 2.37. The molecule has 1 rings (SSSR count). The van der Waals surface area contributed by atoms with Crippen molar-refractivity contribution in [2.24, 2.45) is 11.7 Å². The molecule has 24 heavy (non-hydrogen) atoms. The van der Waals surface area contributed by atoms with Gasteiger partial charge in [-0.05, 0) is 55.7 Å². The molecule has 0 bridgehead atoms. The van der Waals surface area contributed by atoms with Crippen LogP contribution in [-0.2, 0) is 17.6 Å². The van der Waals surface area contributed by atoms with Gasteiger partial charge in [-0.15, -0.1) is 0 Å². The highest BCUT2D eigenvalue weighted by Crippen LogP contribution is 2.15. The van der Waals surface area contributed by atoms with Crippen LogP contribution in [0.5, 0.6) is 0 Å². The van der Waals surface area contributed by atoms with E-state index in [-0.39, 0.29) is 11.8 Å². The molecule has 4 nitrogen and oxygen atoms in total. The summed E-state index contributed by atoms with van der Waals surface area (Å²) in [5, 5.41) is 8.99. The molecule has 0 aliphatic carbocycles. The van der Waals surface area contributed by atoms with Gasteiger partial charge in [-0.3, -0.25) is 9.59 Å². The maximum atomic E-state index is 11.3. The van der Waals surface area contributed by atoms with Gasteiger partial charge in [0.25, 0.3) is 0 Å². The van der Waals surface area contributed by atoms with Crippen LogP contribution in [0.3, 0.4) is 0 Å². The minimum atomic E-state index is -0.681. The number of unbranched alkanes of at least 4 members (excludes halogenated alkanes) is 2. The van der Waals surface area contributed by atoms with Gasteiger partial charge in [-0.2, -0.15) is 0 Å². The Morgan fingerprint density at radius 2 is 1.96 bits per heavy atom. The van der Waals surface area contributed by atoms with Crippen LogP contribution in [-0.4, -0.2) is 17.0 Å². The number of rotatable bonds is 11. The normalized spacial score (nSPS) is 12.4. The second-order valence-corrected chi connectivity index (χ2v) is 6.11. The van der Waals surface area contributed by atoms with Gasteiger partial charge in [0.15, 0.2) is 0 Å². The number of carboxylic acid groups (broad SMARTS) is 1. The summed E-state index contributed by atoms with van der Waals surface area (Å²) in [6.45, 7) is 3.94. The molecule has 0 aliphatic rings. The maximum Gasteiger partial charge on any atom is 0.306 e. The van der Waals surface area contributed by atoms with Crippen molar-refractivity contribution < 1.29 is 14.7 Å². The molecule has 1 unspecified atom stereocenters. The number of amides is 1. The first-order chi connectivity index (χ1) is 11.5. The summed E-state index contributed by atoms with van der Waals surface area (Å²) >= 11 is 0. The van der Waals surface area contributed by atoms with Crippen LogP contribution in [0, 0.1) is 5.92 Å².